The summed E-state index contributed by atoms with van der Waals surface area (Å²) in [6.45, 7) is 1.77. The predicted octanol–water partition coefficient (Wildman–Crippen LogP) is -0.587. The first-order chi connectivity index (χ1) is 7.89. The molecule has 1 aromatic heterocycles. The Hall–Kier alpha value is -1.61. The molecule has 1 unspecified atom stereocenters. The fourth-order valence-electron chi connectivity index (χ4n) is 1.23. The van der Waals surface area contributed by atoms with Crippen LogP contribution in [0.4, 0.5) is 0 Å². The zero-order valence-corrected chi connectivity index (χ0v) is 10.3. The van der Waals surface area contributed by atoms with Gasteiger partial charge in [-0.3, -0.25) is 0 Å². The second-order valence-corrected chi connectivity index (χ2v) is 5.64. The monoisotopic (exact) mass is 261 g/mol. The number of sulfonamides is 1. The largest absolute Gasteiger partial charge is 0.409 e. The Labute approximate surface area is 99.2 Å². The SMILES string of the molecule is CC(CN(C)S(=O)(=O)c1cnc[nH]1)C(N)=NO. The van der Waals surface area contributed by atoms with E-state index in [9.17, 15) is 8.42 Å². The summed E-state index contributed by atoms with van der Waals surface area (Å²) in [5.74, 6) is -0.403. The third-order valence-electron chi connectivity index (χ3n) is 2.31. The van der Waals surface area contributed by atoms with E-state index in [0.717, 1.165) is 4.31 Å². The number of imidazole rings is 1. The van der Waals surface area contributed by atoms with E-state index in [0.29, 0.717) is 0 Å². The van der Waals surface area contributed by atoms with Crippen LogP contribution < -0.4 is 5.73 Å². The van der Waals surface area contributed by atoms with Gasteiger partial charge in [-0.15, -0.1) is 0 Å². The molecule has 0 saturated carbocycles. The highest BCUT2D eigenvalue weighted by atomic mass is 32.2. The maximum absolute atomic E-state index is 12.0. The van der Waals surface area contributed by atoms with Gasteiger partial charge in [-0.2, -0.15) is 4.31 Å². The molecule has 0 aliphatic heterocycles. The quantitative estimate of drug-likeness (QED) is 0.283. The van der Waals surface area contributed by atoms with Crippen LogP contribution in [-0.4, -0.2) is 47.3 Å². The van der Waals surface area contributed by atoms with Crippen LogP contribution in [0, 0.1) is 5.92 Å². The number of rotatable bonds is 5. The van der Waals surface area contributed by atoms with Crippen LogP contribution in [0.5, 0.6) is 0 Å². The molecule has 0 saturated heterocycles. The van der Waals surface area contributed by atoms with E-state index < -0.39 is 10.0 Å². The second kappa shape index (κ2) is 5.15. The molecular formula is C8H15N5O3S. The molecule has 1 heterocycles. The lowest BCUT2D eigenvalue weighted by Gasteiger charge is -2.19. The number of hydrogen-bond acceptors (Lipinski definition) is 5. The number of hydrogen-bond donors (Lipinski definition) is 3. The summed E-state index contributed by atoms with van der Waals surface area (Å²) in [7, 11) is -2.20. The zero-order chi connectivity index (χ0) is 13.1. The van der Waals surface area contributed by atoms with E-state index in [1.165, 1.54) is 19.6 Å². The van der Waals surface area contributed by atoms with E-state index in [1.807, 2.05) is 0 Å². The molecule has 1 rings (SSSR count). The Bertz CT molecular complexity index is 481. The van der Waals surface area contributed by atoms with Gasteiger partial charge in [-0.1, -0.05) is 12.1 Å². The number of nitrogens with one attached hydrogen (secondary N) is 1. The van der Waals surface area contributed by atoms with Crippen molar-refractivity contribution in [1.29, 1.82) is 0 Å². The number of amidine groups is 1. The molecule has 96 valence electrons. The van der Waals surface area contributed by atoms with Gasteiger partial charge in [0.1, 0.15) is 5.84 Å². The number of oxime groups is 1. The number of nitrogens with two attached hydrogens (primary N) is 1. The van der Waals surface area contributed by atoms with Gasteiger partial charge in [0.15, 0.2) is 5.03 Å². The summed E-state index contributed by atoms with van der Waals surface area (Å²) >= 11 is 0. The van der Waals surface area contributed by atoms with Crippen LogP contribution in [0.25, 0.3) is 0 Å². The van der Waals surface area contributed by atoms with Crippen LogP contribution in [0.2, 0.25) is 0 Å². The topological polar surface area (TPSA) is 125 Å². The van der Waals surface area contributed by atoms with Gasteiger partial charge < -0.3 is 15.9 Å². The molecule has 0 aliphatic carbocycles. The Morgan fingerprint density at radius 3 is 2.88 bits per heavy atom. The lowest BCUT2D eigenvalue weighted by Crippen LogP contribution is -2.36. The molecule has 0 bridgehead atoms. The second-order valence-electron chi connectivity index (χ2n) is 3.63. The van der Waals surface area contributed by atoms with Gasteiger partial charge in [0.25, 0.3) is 10.0 Å². The molecule has 0 fully saturated rings. The standard InChI is InChI=1S/C8H15N5O3S/c1-6(8(9)12-14)4-13(2)17(15,16)7-3-10-5-11-7/h3,5-6,14H,4H2,1-2H3,(H2,9,12)(H,10,11). The summed E-state index contributed by atoms with van der Waals surface area (Å²) in [5, 5.41) is 11.3. The minimum Gasteiger partial charge on any atom is -0.409 e. The van der Waals surface area contributed by atoms with Crippen molar-refractivity contribution in [3.8, 4) is 0 Å². The maximum Gasteiger partial charge on any atom is 0.259 e. The Morgan fingerprint density at radius 2 is 2.41 bits per heavy atom. The average Bonchev–Trinajstić information content (AvgIpc) is 2.81. The van der Waals surface area contributed by atoms with E-state index in [4.69, 9.17) is 10.9 Å². The lowest BCUT2D eigenvalue weighted by atomic mass is 10.2. The molecule has 0 radical (unpaired) electrons. The molecule has 0 aliphatic rings. The Kier molecular flexibility index (Phi) is 4.07. The molecule has 0 aromatic carbocycles. The molecule has 1 atom stereocenters. The highest BCUT2D eigenvalue weighted by Gasteiger charge is 2.24. The molecule has 9 heteroatoms. The van der Waals surface area contributed by atoms with E-state index >= 15 is 0 Å². The lowest BCUT2D eigenvalue weighted by molar-refractivity contribution is 0.312. The molecule has 1 aromatic rings. The molecule has 4 N–H and O–H groups in total. The van der Waals surface area contributed by atoms with Gasteiger partial charge >= 0.3 is 0 Å². The van der Waals surface area contributed by atoms with Crippen molar-refractivity contribution in [2.24, 2.45) is 16.8 Å². The number of H-pyrrole nitrogens is 1. The average molecular weight is 261 g/mol. The predicted molar refractivity (Wildman–Crippen MR) is 61.0 cm³/mol. The summed E-state index contributed by atoms with van der Waals surface area (Å²) < 4.78 is 25.0. The minimum absolute atomic E-state index is 0.00621. The highest BCUT2D eigenvalue weighted by Crippen LogP contribution is 2.12. The van der Waals surface area contributed by atoms with Gasteiger partial charge in [-0.25, -0.2) is 13.4 Å². The first-order valence-corrected chi connectivity index (χ1v) is 6.25. The van der Waals surface area contributed by atoms with Crippen molar-refractivity contribution in [3.63, 3.8) is 0 Å². The molecule has 0 spiro atoms. The van der Waals surface area contributed by atoms with Crippen LogP contribution >= 0.6 is 0 Å². The number of aromatic nitrogens is 2. The smallest absolute Gasteiger partial charge is 0.259 e. The van der Waals surface area contributed by atoms with Crippen molar-refractivity contribution in [1.82, 2.24) is 14.3 Å². The summed E-state index contributed by atoms with van der Waals surface area (Å²) in [6, 6.07) is 0. The van der Waals surface area contributed by atoms with E-state index in [1.54, 1.807) is 6.92 Å². The third-order valence-corrected chi connectivity index (χ3v) is 4.06. The number of aromatic amines is 1. The first-order valence-electron chi connectivity index (χ1n) is 4.81. The molecule has 17 heavy (non-hydrogen) atoms. The zero-order valence-electron chi connectivity index (χ0n) is 9.53. The van der Waals surface area contributed by atoms with Crippen molar-refractivity contribution in [3.05, 3.63) is 12.5 Å². The van der Waals surface area contributed by atoms with E-state index in [-0.39, 0.29) is 23.3 Å². The van der Waals surface area contributed by atoms with Crippen LogP contribution in [0.1, 0.15) is 6.92 Å². The van der Waals surface area contributed by atoms with Gasteiger partial charge in [0.2, 0.25) is 0 Å². The van der Waals surface area contributed by atoms with Gasteiger partial charge in [0, 0.05) is 19.5 Å². The van der Waals surface area contributed by atoms with Gasteiger partial charge in [-0.05, 0) is 0 Å². The van der Waals surface area contributed by atoms with Crippen LogP contribution in [0.15, 0.2) is 22.7 Å². The van der Waals surface area contributed by atoms with Crippen LogP contribution in [0.3, 0.4) is 0 Å². The summed E-state index contributed by atoms with van der Waals surface area (Å²) in [4.78, 5) is 6.17. The minimum atomic E-state index is -3.61. The van der Waals surface area contributed by atoms with Crippen molar-refractivity contribution >= 4 is 15.9 Å². The third kappa shape index (κ3) is 2.94. The van der Waals surface area contributed by atoms with Gasteiger partial charge in [0.05, 0.1) is 12.5 Å². The molecular weight excluding hydrogens is 246 g/mol. The first kappa shape index (κ1) is 13.5. The highest BCUT2D eigenvalue weighted by molar-refractivity contribution is 7.89. The van der Waals surface area contributed by atoms with E-state index in [2.05, 4.69) is 15.1 Å². The molecule has 8 nitrogen and oxygen atoms in total. The Morgan fingerprint density at radius 1 is 1.76 bits per heavy atom. The fraction of sp³-hybridized carbons (Fsp3) is 0.500. The Balaban J connectivity index is 2.81. The normalized spacial score (nSPS) is 15.1. The van der Waals surface area contributed by atoms with Crippen molar-refractivity contribution in [2.75, 3.05) is 13.6 Å². The van der Waals surface area contributed by atoms with Crippen LogP contribution in [-0.2, 0) is 10.0 Å². The maximum atomic E-state index is 12.0. The summed E-state index contributed by atoms with van der Waals surface area (Å²) in [6.07, 6.45) is 2.51. The van der Waals surface area contributed by atoms with Crippen molar-refractivity contribution < 1.29 is 13.6 Å². The molecule has 0 amide bonds. The summed E-state index contributed by atoms with van der Waals surface area (Å²) in [5.41, 5.74) is 5.39. The van der Waals surface area contributed by atoms with Crippen molar-refractivity contribution in [2.45, 2.75) is 11.9 Å². The fourth-order valence-corrected chi connectivity index (χ4v) is 2.38. The number of nitrogens with zero attached hydrogens (tertiary/aromatic N) is 3.